The lowest BCUT2D eigenvalue weighted by atomic mass is 9.65. The fourth-order valence-electron chi connectivity index (χ4n) is 3.07. The van der Waals surface area contributed by atoms with Gasteiger partial charge in [0.05, 0.1) is 12.2 Å². The van der Waals surface area contributed by atoms with E-state index in [2.05, 4.69) is 20.8 Å². The Morgan fingerprint density at radius 2 is 2.08 bits per heavy atom. The van der Waals surface area contributed by atoms with Crippen LogP contribution in [0.1, 0.15) is 40.0 Å². The lowest BCUT2D eigenvalue weighted by Gasteiger charge is -2.45. The highest BCUT2D eigenvalue weighted by molar-refractivity contribution is 4.93. The summed E-state index contributed by atoms with van der Waals surface area (Å²) < 4.78 is 0. The summed E-state index contributed by atoms with van der Waals surface area (Å²) in [6.45, 7) is 6.37. The van der Waals surface area contributed by atoms with Gasteiger partial charge in [-0.25, -0.2) is 0 Å². The fourth-order valence-corrected chi connectivity index (χ4v) is 3.07. The molecule has 0 spiro atoms. The van der Waals surface area contributed by atoms with Gasteiger partial charge in [-0.3, -0.25) is 0 Å². The van der Waals surface area contributed by atoms with Crippen LogP contribution >= 0.6 is 0 Å². The zero-order valence-electron chi connectivity index (χ0n) is 8.95. The molecule has 0 aliphatic heterocycles. The van der Waals surface area contributed by atoms with Crippen molar-refractivity contribution in [1.82, 2.24) is 0 Å². The topological polar surface area (TPSA) is 40.5 Å². The van der Waals surface area contributed by atoms with E-state index in [1.165, 1.54) is 6.42 Å². The molecule has 1 rings (SSSR count). The Bertz CT molecular complexity index is 167. The van der Waals surface area contributed by atoms with Crippen LogP contribution in [0.5, 0.6) is 0 Å². The van der Waals surface area contributed by atoms with Crippen LogP contribution in [-0.2, 0) is 0 Å². The first kappa shape index (κ1) is 11.0. The molecule has 0 aromatic carbocycles. The molecule has 78 valence electrons. The minimum absolute atomic E-state index is 0.0831. The van der Waals surface area contributed by atoms with Gasteiger partial charge in [-0.05, 0) is 24.2 Å². The maximum atomic E-state index is 10.2. The molecule has 0 saturated heterocycles. The molecule has 1 aliphatic rings. The number of aliphatic hydroxyl groups is 2. The molecule has 2 nitrogen and oxygen atoms in total. The Balaban J connectivity index is 2.80. The molecule has 0 radical (unpaired) electrons. The van der Waals surface area contributed by atoms with Crippen LogP contribution in [0.3, 0.4) is 0 Å². The van der Waals surface area contributed by atoms with Crippen LogP contribution in [-0.4, -0.2) is 22.4 Å². The zero-order chi connectivity index (χ0) is 10.1. The van der Waals surface area contributed by atoms with Crippen molar-refractivity contribution in [3.8, 4) is 0 Å². The Morgan fingerprint density at radius 1 is 1.46 bits per heavy atom. The van der Waals surface area contributed by atoms with Crippen LogP contribution in [0.4, 0.5) is 0 Å². The van der Waals surface area contributed by atoms with E-state index in [1.54, 1.807) is 0 Å². The normalized spacial score (nSPS) is 41.1. The molecular formula is C11H22O2. The summed E-state index contributed by atoms with van der Waals surface area (Å²) in [5.41, 5.74) is -0.814. The molecule has 0 heterocycles. The van der Waals surface area contributed by atoms with Crippen molar-refractivity contribution >= 4 is 0 Å². The summed E-state index contributed by atoms with van der Waals surface area (Å²) in [5.74, 6) is 1.24. The summed E-state index contributed by atoms with van der Waals surface area (Å²) in [6.07, 6.45) is 2.99. The van der Waals surface area contributed by atoms with Crippen LogP contribution in [0.2, 0.25) is 0 Å². The second kappa shape index (κ2) is 3.97. The smallest absolute Gasteiger partial charge is 0.0910 e. The average Bonchev–Trinajstić information content (AvgIpc) is 2.03. The highest BCUT2D eigenvalue weighted by Gasteiger charge is 2.43. The molecule has 2 N–H and O–H groups in total. The van der Waals surface area contributed by atoms with E-state index >= 15 is 0 Å². The van der Waals surface area contributed by atoms with E-state index in [1.807, 2.05) is 0 Å². The summed E-state index contributed by atoms with van der Waals surface area (Å²) in [6, 6.07) is 0. The third-order valence-corrected chi connectivity index (χ3v) is 3.49. The second-order valence-corrected chi connectivity index (χ2v) is 4.90. The minimum Gasteiger partial charge on any atom is -0.393 e. The van der Waals surface area contributed by atoms with Gasteiger partial charge in [0.25, 0.3) is 0 Å². The first-order valence-corrected chi connectivity index (χ1v) is 5.34. The monoisotopic (exact) mass is 186 g/mol. The Kier molecular flexibility index (Phi) is 3.36. The van der Waals surface area contributed by atoms with Crippen LogP contribution in [0.25, 0.3) is 0 Å². The van der Waals surface area contributed by atoms with Gasteiger partial charge in [0.1, 0.15) is 0 Å². The van der Waals surface area contributed by atoms with Crippen molar-refractivity contribution in [2.75, 3.05) is 6.61 Å². The molecule has 0 amide bonds. The van der Waals surface area contributed by atoms with Crippen molar-refractivity contribution in [2.24, 2.45) is 17.8 Å². The molecule has 0 bridgehead atoms. The Hall–Kier alpha value is -0.0800. The predicted octanol–water partition coefficient (Wildman–Crippen LogP) is 1.80. The van der Waals surface area contributed by atoms with Gasteiger partial charge < -0.3 is 10.2 Å². The van der Waals surface area contributed by atoms with Gasteiger partial charge in [0.2, 0.25) is 0 Å². The molecule has 2 heteroatoms. The maximum Gasteiger partial charge on any atom is 0.0910 e. The second-order valence-electron chi connectivity index (χ2n) is 4.90. The Labute approximate surface area is 81.0 Å². The predicted molar refractivity (Wildman–Crippen MR) is 53.4 cm³/mol. The lowest BCUT2D eigenvalue weighted by molar-refractivity contribution is -0.118. The zero-order valence-corrected chi connectivity index (χ0v) is 8.95. The van der Waals surface area contributed by atoms with Crippen molar-refractivity contribution in [2.45, 2.75) is 45.6 Å². The van der Waals surface area contributed by atoms with E-state index < -0.39 is 5.60 Å². The van der Waals surface area contributed by atoms with Gasteiger partial charge >= 0.3 is 0 Å². The van der Waals surface area contributed by atoms with Crippen molar-refractivity contribution in [1.29, 1.82) is 0 Å². The van der Waals surface area contributed by atoms with Crippen molar-refractivity contribution in [3.63, 3.8) is 0 Å². The van der Waals surface area contributed by atoms with Gasteiger partial charge in [-0.2, -0.15) is 0 Å². The fraction of sp³-hybridized carbons (Fsp3) is 1.00. The molecule has 0 aromatic rings. The van der Waals surface area contributed by atoms with E-state index in [0.29, 0.717) is 11.8 Å². The molecule has 2 unspecified atom stereocenters. The molecule has 1 saturated carbocycles. The first-order valence-electron chi connectivity index (χ1n) is 5.34. The molecule has 3 atom stereocenters. The summed E-state index contributed by atoms with van der Waals surface area (Å²) in [7, 11) is 0. The van der Waals surface area contributed by atoms with E-state index in [9.17, 15) is 10.2 Å². The van der Waals surface area contributed by atoms with Gasteiger partial charge in [0, 0.05) is 0 Å². The summed E-state index contributed by atoms with van der Waals surface area (Å²) in [5, 5.41) is 19.5. The highest BCUT2D eigenvalue weighted by Crippen LogP contribution is 2.41. The van der Waals surface area contributed by atoms with Crippen LogP contribution < -0.4 is 0 Å². The minimum atomic E-state index is -0.814. The molecule has 1 fully saturated rings. The van der Waals surface area contributed by atoms with E-state index in [0.717, 1.165) is 12.8 Å². The number of hydrogen-bond donors (Lipinski definition) is 2. The number of aliphatic hydroxyl groups excluding tert-OH is 1. The lowest BCUT2D eigenvalue weighted by Crippen LogP contribution is -2.49. The molecule has 0 aromatic heterocycles. The first-order chi connectivity index (χ1) is 6.01. The number of hydrogen-bond acceptors (Lipinski definition) is 2. The van der Waals surface area contributed by atoms with Gasteiger partial charge in [-0.1, -0.05) is 33.6 Å². The van der Waals surface area contributed by atoms with Crippen molar-refractivity contribution in [3.05, 3.63) is 0 Å². The third-order valence-electron chi connectivity index (χ3n) is 3.49. The quantitative estimate of drug-likeness (QED) is 0.690. The van der Waals surface area contributed by atoms with Gasteiger partial charge in [-0.15, -0.1) is 0 Å². The maximum absolute atomic E-state index is 10.2. The highest BCUT2D eigenvalue weighted by atomic mass is 16.3. The SMILES string of the molecule is CC(C)C1[C@@H](C)CCCC1(O)CO. The Morgan fingerprint density at radius 3 is 2.46 bits per heavy atom. The van der Waals surface area contributed by atoms with E-state index in [4.69, 9.17) is 0 Å². The standard InChI is InChI=1S/C11H22O2/c1-8(2)10-9(3)5-4-6-11(10,13)7-12/h8-10,12-13H,4-7H2,1-3H3/t9-,10?,11?/m0/s1. The van der Waals surface area contributed by atoms with Crippen molar-refractivity contribution < 1.29 is 10.2 Å². The van der Waals surface area contributed by atoms with Crippen LogP contribution in [0, 0.1) is 17.8 Å². The third kappa shape index (κ3) is 2.05. The summed E-state index contributed by atoms with van der Waals surface area (Å²) >= 11 is 0. The molecule has 13 heavy (non-hydrogen) atoms. The summed E-state index contributed by atoms with van der Waals surface area (Å²) in [4.78, 5) is 0. The van der Waals surface area contributed by atoms with Crippen LogP contribution in [0.15, 0.2) is 0 Å². The van der Waals surface area contributed by atoms with E-state index in [-0.39, 0.29) is 12.5 Å². The molecule has 1 aliphatic carbocycles. The van der Waals surface area contributed by atoms with Gasteiger partial charge in [0.15, 0.2) is 0 Å². The number of rotatable bonds is 2. The largest absolute Gasteiger partial charge is 0.393 e. The molecular weight excluding hydrogens is 164 g/mol. The average molecular weight is 186 g/mol.